The molecule has 0 aliphatic carbocycles. The topological polar surface area (TPSA) is 65.3 Å². The fourth-order valence-electron chi connectivity index (χ4n) is 4.34. The Bertz CT molecular complexity index is 1250. The highest BCUT2D eigenvalue weighted by Crippen LogP contribution is 2.34. The summed E-state index contributed by atoms with van der Waals surface area (Å²) in [5.74, 6) is 1.31. The lowest BCUT2D eigenvalue weighted by Crippen LogP contribution is -2.56. The molecule has 0 amide bonds. The number of anilines is 1. The number of aromatic nitrogens is 2. The van der Waals surface area contributed by atoms with Gasteiger partial charge in [0.2, 0.25) is 11.8 Å². The van der Waals surface area contributed by atoms with Gasteiger partial charge >= 0.3 is 0 Å². The SMILES string of the molecule is Bc1c(B)c(B)c(COc2nc(N3CCN(C)CC3)ncc2Sc2ccc(C#N)cc2)c(B)c1B. The molecule has 0 unspecified atom stereocenters. The van der Waals surface area contributed by atoms with Gasteiger partial charge < -0.3 is 14.5 Å². The van der Waals surface area contributed by atoms with Gasteiger partial charge in [-0.15, -0.1) is 16.4 Å². The summed E-state index contributed by atoms with van der Waals surface area (Å²) in [5.41, 5.74) is 8.41. The minimum Gasteiger partial charge on any atom is -0.472 e. The van der Waals surface area contributed by atoms with Crippen LogP contribution in [0.4, 0.5) is 5.95 Å². The summed E-state index contributed by atoms with van der Waals surface area (Å²) in [7, 11) is 13.0. The number of likely N-dealkylation sites (N-methyl/N-ethyl adjacent to an activating group) is 1. The van der Waals surface area contributed by atoms with Crippen LogP contribution in [0.2, 0.25) is 0 Å². The van der Waals surface area contributed by atoms with Crippen molar-refractivity contribution in [2.75, 3.05) is 38.1 Å². The predicted molar refractivity (Wildman–Crippen MR) is 159 cm³/mol. The molecule has 1 aromatic heterocycles. The molecule has 0 radical (unpaired) electrons. The molecule has 1 aliphatic heterocycles. The minimum atomic E-state index is 0.458. The van der Waals surface area contributed by atoms with E-state index in [-0.39, 0.29) is 0 Å². The van der Waals surface area contributed by atoms with Gasteiger partial charge in [-0.25, -0.2) is 4.98 Å². The van der Waals surface area contributed by atoms with E-state index in [0.29, 0.717) is 24.0 Å². The van der Waals surface area contributed by atoms with Gasteiger partial charge in [-0.3, -0.25) is 0 Å². The lowest BCUT2D eigenvalue weighted by molar-refractivity contribution is 0.285. The summed E-state index contributed by atoms with van der Waals surface area (Å²) in [6.07, 6.45) is 1.87. The Balaban J connectivity index is 1.65. The Morgan fingerprint density at radius 3 is 2.14 bits per heavy atom. The van der Waals surface area contributed by atoms with E-state index >= 15 is 0 Å². The molecule has 0 spiro atoms. The standard InChI is InChI=1S/C23H28B5N5OS/c1-32-6-8-33(9-7-32)23-30-11-16(35-14-4-2-13(10-29)3-5-14)22(31-23)34-12-15-17(24)19(26)21(28)20(27)18(15)25/h2-5,11H,6-9,12,24-28H2,1H3. The van der Waals surface area contributed by atoms with Gasteiger partial charge in [-0.1, -0.05) is 22.7 Å². The number of hydrogen-bond acceptors (Lipinski definition) is 7. The monoisotopic (exact) mass is 477 g/mol. The lowest BCUT2D eigenvalue weighted by atomic mass is 9.60. The van der Waals surface area contributed by atoms with Gasteiger partial charge in [0.05, 0.1) is 22.7 Å². The third-order valence-electron chi connectivity index (χ3n) is 7.22. The molecule has 0 N–H and O–H groups in total. The zero-order chi connectivity index (χ0) is 25.1. The Morgan fingerprint density at radius 2 is 1.54 bits per heavy atom. The highest BCUT2D eigenvalue weighted by Gasteiger charge is 2.20. The third-order valence-corrected chi connectivity index (χ3v) is 8.22. The van der Waals surface area contributed by atoms with Crippen LogP contribution in [0, 0.1) is 11.3 Å². The first kappa shape index (κ1) is 25.3. The van der Waals surface area contributed by atoms with Crippen LogP contribution in [0.25, 0.3) is 0 Å². The van der Waals surface area contributed by atoms with Crippen molar-refractivity contribution in [1.29, 1.82) is 5.26 Å². The average Bonchev–Trinajstić information content (AvgIpc) is 2.88. The highest BCUT2D eigenvalue weighted by molar-refractivity contribution is 7.99. The van der Waals surface area contributed by atoms with Crippen LogP contribution in [0.1, 0.15) is 11.1 Å². The van der Waals surface area contributed by atoms with Gasteiger partial charge in [0.1, 0.15) is 45.8 Å². The third kappa shape index (κ3) is 5.57. The molecule has 172 valence electrons. The molecule has 0 bridgehead atoms. The summed E-state index contributed by atoms with van der Waals surface area (Å²) in [6, 6.07) is 9.72. The fraction of sp³-hybridized carbons (Fsp3) is 0.261. The number of rotatable bonds is 6. The maximum absolute atomic E-state index is 9.11. The van der Waals surface area contributed by atoms with E-state index < -0.39 is 0 Å². The molecule has 2 aromatic carbocycles. The van der Waals surface area contributed by atoms with Crippen LogP contribution < -0.4 is 37.0 Å². The van der Waals surface area contributed by atoms with Gasteiger partial charge in [-0.2, -0.15) is 10.2 Å². The summed E-state index contributed by atoms with van der Waals surface area (Å²) < 4.78 is 6.44. The van der Waals surface area contributed by atoms with Crippen LogP contribution in [-0.2, 0) is 6.61 Å². The first-order valence-corrected chi connectivity index (χ1v) is 12.8. The molecule has 0 saturated carbocycles. The molecular weight excluding hydrogens is 448 g/mol. The van der Waals surface area contributed by atoms with Crippen molar-refractivity contribution in [2.45, 2.75) is 16.4 Å². The number of benzene rings is 2. The molecule has 12 heteroatoms. The molecule has 35 heavy (non-hydrogen) atoms. The lowest BCUT2D eigenvalue weighted by Gasteiger charge is -2.32. The Hall–Kier alpha value is -2.76. The quantitative estimate of drug-likeness (QED) is 0.331. The normalized spacial score (nSPS) is 14.0. The van der Waals surface area contributed by atoms with Crippen molar-refractivity contribution in [3.05, 3.63) is 41.6 Å². The van der Waals surface area contributed by atoms with Gasteiger partial charge in [-0.05, 0) is 36.9 Å². The molecule has 1 saturated heterocycles. The number of hydrogen-bond donors (Lipinski definition) is 0. The number of nitriles is 1. The summed E-state index contributed by atoms with van der Waals surface area (Å²) in [6.45, 7) is 4.22. The van der Waals surface area contributed by atoms with E-state index in [1.165, 1.54) is 32.9 Å². The Kier molecular flexibility index (Phi) is 7.88. The second-order valence-corrected chi connectivity index (χ2v) is 10.4. The number of piperazine rings is 1. The van der Waals surface area contributed by atoms with Crippen molar-refractivity contribution < 1.29 is 4.74 Å². The summed E-state index contributed by atoms with van der Waals surface area (Å²) >= 11 is 1.56. The zero-order valence-corrected chi connectivity index (χ0v) is 22.3. The smallest absolute Gasteiger partial charge is 0.232 e. The van der Waals surface area contributed by atoms with Crippen molar-refractivity contribution in [2.24, 2.45) is 0 Å². The van der Waals surface area contributed by atoms with E-state index in [1.54, 1.807) is 11.8 Å². The van der Waals surface area contributed by atoms with Crippen molar-refractivity contribution in [3.63, 3.8) is 0 Å². The van der Waals surface area contributed by atoms with Crippen LogP contribution >= 0.6 is 11.8 Å². The van der Waals surface area contributed by atoms with Crippen molar-refractivity contribution >= 4 is 84.3 Å². The average molecular weight is 477 g/mol. The number of ether oxygens (including phenoxy) is 1. The maximum atomic E-state index is 9.11. The van der Waals surface area contributed by atoms with Crippen LogP contribution in [0.3, 0.4) is 0 Å². The van der Waals surface area contributed by atoms with Crippen molar-refractivity contribution in [3.8, 4) is 11.9 Å². The molecule has 3 aromatic rings. The van der Waals surface area contributed by atoms with E-state index in [4.69, 9.17) is 20.0 Å². The van der Waals surface area contributed by atoms with Crippen LogP contribution in [0.5, 0.6) is 5.88 Å². The van der Waals surface area contributed by atoms with E-state index in [9.17, 15) is 0 Å². The molecule has 0 atom stereocenters. The summed E-state index contributed by atoms with van der Waals surface area (Å²) in [5, 5.41) is 9.11. The van der Waals surface area contributed by atoms with E-state index in [2.05, 4.69) is 62.1 Å². The maximum Gasteiger partial charge on any atom is 0.232 e. The molecular formula is C23H28B5N5OS. The predicted octanol–water partition coefficient (Wildman–Crippen LogP) is -4.88. The fourth-order valence-corrected chi connectivity index (χ4v) is 5.16. The van der Waals surface area contributed by atoms with Gasteiger partial charge in [0, 0.05) is 31.1 Å². The van der Waals surface area contributed by atoms with Crippen LogP contribution in [-0.4, -0.2) is 87.3 Å². The van der Waals surface area contributed by atoms with Gasteiger partial charge in [0.25, 0.3) is 0 Å². The van der Waals surface area contributed by atoms with E-state index in [0.717, 1.165) is 36.0 Å². The molecule has 1 aliphatic rings. The van der Waals surface area contributed by atoms with Gasteiger partial charge in [0.15, 0.2) is 0 Å². The Labute approximate surface area is 216 Å². The molecule has 1 fully saturated rings. The molecule has 2 heterocycles. The molecule has 6 nitrogen and oxygen atoms in total. The van der Waals surface area contributed by atoms with Crippen LogP contribution in [0.15, 0.2) is 40.3 Å². The first-order chi connectivity index (χ1) is 16.8. The second-order valence-electron chi connectivity index (χ2n) is 9.26. The zero-order valence-electron chi connectivity index (χ0n) is 21.5. The summed E-state index contributed by atoms with van der Waals surface area (Å²) in [4.78, 5) is 16.0. The van der Waals surface area contributed by atoms with Crippen molar-refractivity contribution in [1.82, 2.24) is 14.9 Å². The second kappa shape index (κ2) is 10.9. The Morgan fingerprint density at radius 1 is 0.943 bits per heavy atom. The first-order valence-electron chi connectivity index (χ1n) is 12.0. The number of nitrogens with zero attached hydrogens (tertiary/aromatic N) is 5. The van der Waals surface area contributed by atoms with E-state index in [1.807, 2.05) is 30.5 Å². The largest absolute Gasteiger partial charge is 0.472 e. The highest BCUT2D eigenvalue weighted by atomic mass is 32.2. The minimum absolute atomic E-state index is 0.458. The molecule has 4 rings (SSSR count).